The average Bonchev–Trinajstić information content (AvgIpc) is 3.31. The van der Waals surface area contributed by atoms with Crippen LogP contribution < -0.4 is 5.32 Å². The second-order valence-corrected chi connectivity index (χ2v) is 6.55. The monoisotopic (exact) mass is 325 g/mol. The third-order valence-electron chi connectivity index (χ3n) is 4.75. The van der Waals surface area contributed by atoms with Crippen LogP contribution in [-0.2, 0) is 0 Å². The van der Waals surface area contributed by atoms with E-state index in [4.69, 9.17) is 0 Å². The molecule has 1 aromatic carbocycles. The number of hydrogen-bond acceptors (Lipinski definition) is 4. The van der Waals surface area contributed by atoms with Gasteiger partial charge in [-0.3, -0.25) is 0 Å². The summed E-state index contributed by atoms with van der Waals surface area (Å²) < 4.78 is 15.7. The zero-order chi connectivity index (χ0) is 16.8. The summed E-state index contributed by atoms with van der Waals surface area (Å²) in [6.07, 6.45) is 3.70. The van der Waals surface area contributed by atoms with E-state index in [1.54, 1.807) is 6.92 Å². The predicted octanol–water partition coefficient (Wildman–Crippen LogP) is 4.09. The van der Waals surface area contributed by atoms with E-state index < -0.39 is 6.08 Å². The van der Waals surface area contributed by atoms with Crippen LogP contribution in [0.3, 0.4) is 0 Å². The maximum absolute atomic E-state index is 13.5. The molecule has 0 saturated heterocycles. The molecule has 4 rings (SSSR count). The fourth-order valence-corrected chi connectivity index (χ4v) is 2.99. The Morgan fingerprint density at radius 3 is 2.79 bits per heavy atom. The van der Waals surface area contributed by atoms with E-state index in [9.17, 15) is 4.39 Å². The number of nitrogens with zero attached hydrogens (tertiary/aromatic N) is 4. The Labute approximate surface area is 140 Å². The number of nitrogens with one attached hydrogen (secondary N) is 1. The molecule has 0 bridgehead atoms. The van der Waals surface area contributed by atoms with Crippen molar-refractivity contribution in [3.05, 3.63) is 47.4 Å². The topological polar surface area (TPSA) is 55.6 Å². The molecule has 1 aliphatic rings. The highest BCUT2D eigenvalue weighted by molar-refractivity contribution is 5.76. The molecule has 1 atom stereocenters. The number of imidazole rings is 1. The van der Waals surface area contributed by atoms with Gasteiger partial charge in [0.2, 0.25) is 0 Å². The van der Waals surface area contributed by atoms with Crippen molar-refractivity contribution in [2.45, 2.75) is 45.7 Å². The zero-order valence-electron chi connectivity index (χ0n) is 14.0. The minimum atomic E-state index is -0.702. The van der Waals surface area contributed by atoms with Crippen LogP contribution in [0.15, 0.2) is 24.5 Å². The van der Waals surface area contributed by atoms with Crippen LogP contribution in [0, 0.1) is 19.9 Å². The second kappa shape index (κ2) is 5.54. The van der Waals surface area contributed by atoms with E-state index in [2.05, 4.69) is 43.0 Å². The van der Waals surface area contributed by atoms with Gasteiger partial charge in [0, 0.05) is 17.3 Å². The Morgan fingerprint density at radius 2 is 2.04 bits per heavy atom. The van der Waals surface area contributed by atoms with Crippen molar-refractivity contribution in [2.24, 2.45) is 0 Å². The molecule has 1 N–H and O–H groups in total. The Bertz CT molecular complexity index is 913. The number of aryl methyl sites for hydroxylation is 1. The fourth-order valence-electron chi connectivity index (χ4n) is 2.99. The maximum Gasteiger partial charge on any atom is 0.310 e. The molecule has 0 amide bonds. The number of rotatable bonds is 4. The molecule has 2 heterocycles. The summed E-state index contributed by atoms with van der Waals surface area (Å²) in [6, 6.07) is 6.91. The van der Waals surface area contributed by atoms with E-state index in [0.29, 0.717) is 17.6 Å². The number of halogens is 1. The van der Waals surface area contributed by atoms with E-state index in [0.717, 1.165) is 16.6 Å². The Kier molecular flexibility index (Phi) is 3.48. The first-order chi connectivity index (χ1) is 11.5. The largest absolute Gasteiger partial charge is 0.363 e. The lowest BCUT2D eigenvalue weighted by atomic mass is 10.1. The molecule has 0 radical (unpaired) electrons. The van der Waals surface area contributed by atoms with Gasteiger partial charge in [-0.1, -0.05) is 6.07 Å². The van der Waals surface area contributed by atoms with Crippen molar-refractivity contribution in [3.8, 4) is 0 Å². The molecule has 0 spiro atoms. The van der Waals surface area contributed by atoms with Gasteiger partial charge in [-0.25, -0.2) is 9.97 Å². The van der Waals surface area contributed by atoms with Gasteiger partial charge < -0.3 is 9.88 Å². The number of hydrogen-bond donors (Lipinski definition) is 1. The summed E-state index contributed by atoms with van der Waals surface area (Å²) in [5, 5.41) is 3.29. The Balaban J connectivity index is 1.62. The standard InChI is InChI=1S/C18H20FN5/c1-10-11(2)22-18(19)23-17(10)21-12(3)13-4-7-16-15(8-13)20-9-24(16)14-5-6-14/h4,7-9,12,14H,5-6H2,1-3H3,(H,21,22,23). The SMILES string of the molecule is Cc1nc(F)nc(NC(C)c2ccc3c(c2)ncn3C2CC2)c1C. The van der Waals surface area contributed by atoms with Crippen LogP contribution >= 0.6 is 0 Å². The average molecular weight is 325 g/mol. The van der Waals surface area contributed by atoms with Gasteiger partial charge in [0.25, 0.3) is 0 Å². The van der Waals surface area contributed by atoms with Crippen molar-refractivity contribution in [1.82, 2.24) is 19.5 Å². The van der Waals surface area contributed by atoms with Crippen LogP contribution in [0.4, 0.5) is 10.2 Å². The lowest BCUT2D eigenvalue weighted by Crippen LogP contribution is -2.11. The number of aromatic nitrogens is 4. The quantitative estimate of drug-likeness (QED) is 0.734. The summed E-state index contributed by atoms with van der Waals surface area (Å²) in [7, 11) is 0. The van der Waals surface area contributed by atoms with Crippen molar-refractivity contribution in [3.63, 3.8) is 0 Å². The highest BCUT2D eigenvalue weighted by Crippen LogP contribution is 2.37. The lowest BCUT2D eigenvalue weighted by Gasteiger charge is -2.17. The highest BCUT2D eigenvalue weighted by Gasteiger charge is 2.25. The minimum Gasteiger partial charge on any atom is -0.363 e. The van der Waals surface area contributed by atoms with Crippen molar-refractivity contribution < 1.29 is 4.39 Å². The molecular weight excluding hydrogens is 305 g/mol. The van der Waals surface area contributed by atoms with E-state index in [-0.39, 0.29) is 6.04 Å². The molecule has 6 heteroatoms. The van der Waals surface area contributed by atoms with Crippen LogP contribution in [0.5, 0.6) is 0 Å². The number of benzene rings is 1. The summed E-state index contributed by atoms with van der Waals surface area (Å²) in [4.78, 5) is 12.2. The first-order valence-electron chi connectivity index (χ1n) is 8.26. The summed E-state index contributed by atoms with van der Waals surface area (Å²) in [6.45, 7) is 5.71. The van der Waals surface area contributed by atoms with Gasteiger partial charge in [-0.15, -0.1) is 0 Å². The van der Waals surface area contributed by atoms with Gasteiger partial charge in [0.1, 0.15) is 5.82 Å². The Hall–Kier alpha value is -2.50. The number of fused-ring (bicyclic) bond motifs is 1. The van der Waals surface area contributed by atoms with Crippen molar-refractivity contribution >= 4 is 16.9 Å². The lowest BCUT2D eigenvalue weighted by molar-refractivity contribution is 0.534. The predicted molar refractivity (Wildman–Crippen MR) is 91.5 cm³/mol. The van der Waals surface area contributed by atoms with Gasteiger partial charge in [0.15, 0.2) is 0 Å². The molecule has 5 nitrogen and oxygen atoms in total. The van der Waals surface area contributed by atoms with E-state index in [1.807, 2.05) is 20.2 Å². The highest BCUT2D eigenvalue weighted by atomic mass is 19.1. The fraction of sp³-hybridized carbons (Fsp3) is 0.389. The molecule has 1 fully saturated rings. The second-order valence-electron chi connectivity index (χ2n) is 6.55. The number of anilines is 1. The van der Waals surface area contributed by atoms with Gasteiger partial charge in [0.05, 0.1) is 23.4 Å². The first kappa shape index (κ1) is 15.1. The first-order valence-corrected chi connectivity index (χ1v) is 8.26. The van der Waals surface area contributed by atoms with E-state index >= 15 is 0 Å². The van der Waals surface area contributed by atoms with Gasteiger partial charge in [-0.05, 0) is 51.3 Å². The van der Waals surface area contributed by atoms with Crippen LogP contribution in [0.1, 0.15) is 48.7 Å². The maximum atomic E-state index is 13.5. The van der Waals surface area contributed by atoms with Crippen LogP contribution in [-0.4, -0.2) is 19.5 Å². The molecule has 1 aliphatic carbocycles. The normalized spacial score (nSPS) is 15.7. The molecule has 124 valence electrons. The minimum absolute atomic E-state index is 0.00660. The molecule has 1 saturated carbocycles. The zero-order valence-corrected chi connectivity index (χ0v) is 14.0. The molecule has 3 aromatic rings. The molecule has 2 aromatic heterocycles. The van der Waals surface area contributed by atoms with Gasteiger partial charge >= 0.3 is 6.08 Å². The Morgan fingerprint density at radius 1 is 1.25 bits per heavy atom. The van der Waals surface area contributed by atoms with Crippen molar-refractivity contribution in [1.29, 1.82) is 0 Å². The van der Waals surface area contributed by atoms with Crippen molar-refractivity contribution in [2.75, 3.05) is 5.32 Å². The third-order valence-corrected chi connectivity index (χ3v) is 4.75. The van der Waals surface area contributed by atoms with Gasteiger partial charge in [-0.2, -0.15) is 9.37 Å². The molecule has 1 unspecified atom stereocenters. The summed E-state index contributed by atoms with van der Waals surface area (Å²) in [5.41, 5.74) is 4.78. The summed E-state index contributed by atoms with van der Waals surface area (Å²) in [5.74, 6) is 0.538. The summed E-state index contributed by atoms with van der Waals surface area (Å²) >= 11 is 0. The molecule has 0 aliphatic heterocycles. The van der Waals surface area contributed by atoms with Crippen LogP contribution in [0.2, 0.25) is 0 Å². The molecule has 24 heavy (non-hydrogen) atoms. The van der Waals surface area contributed by atoms with E-state index in [1.165, 1.54) is 18.4 Å². The van der Waals surface area contributed by atoms with Crippen LogP contribution in [0.25, 0.3) is 11.0 Å². The molecular formula is C18H20FN5. The third kappa shape index (κ3) is 2.62. The smallest absolute Gasteiger partial charge is 0.310 e.